The van der Waals surface area contributed by atoms with Crippen molar-refractivity contribution in [3.8, 4) is 0 Å². The number of ether oxygens (including phenoxy) is 1. The maximum absolute atomic E-state index is 13.8. The molecule has 2 nitrogen and oxygen atoms in total. The number of benzene rings is 1. The van der Waals surface area contributed by atoms with Crippen LogP contribution in [-0.2, 0) is 4.74 Å². The fraction of sp³-hybridized carbons (Fsp3) is 0.548. The van der Waals surface area contributed by atoms with Gasteiger partial charge in [0.25, 0.3) is 0 Å². The second kappa shape index (κ2) is 15.8. The van der Waals surface area contributed by atoms with Crippen LogP contribution in [-0.4, -0.2) is 24.4 Å². The van der Waals surface area contributed by atoms with Gasteiger partial charge in [0.15, 0.2) is 0 Å². The zero-order chi connectivity index (χ0) is 25.7. The summed E-state index contributed by atoms with van der Waals surface area (Å²) in [6, 6.07) is 6.79. The van der Waals surface area contributed by atoms with Crippen molar-refractivity contribution < 1.29 is 14.2 Å². The van der Waals surface area contributed by atoms with Gasteiger partial charge in [0, 0.05) is 6.61 Å². The fourth-order valence-electron chi connectivity index (χ4n) is 4.00. The van der Waals surface area contributed by atoms with E-state index in [0.29, 0.717) is 32.0 Å². The van der Waals surface area contributed by atoms with Crippen LogP contribution in [0.2, 0.25) is 0 Å². The Balaban J connectivity index is 3.46. The first kappa shape index (κ1) is 30.1. The van der Waals surface area contributed by atoms with E-state index >= 15 is 0 Å². The summed E-state index contributed by atoms with van der Waals surface area (Å²) in [4.78, 5) is 0. The molecule has 3 heteroatoms. The van der Waals surface area contributed by atoms with Crippen LogP contribution in [0.25, 0.3) is 5.57 Å². The third-order valence-corrected chi connectivity index (χ3v) is 5.88. The first-order valence-corrected chi connectivity index (χ1v) is 12.8. The molecule has 0 radical (unpaired) electrons. The Morgan fingerprint density at radius 3 is 2.26 bits per heavy atom. The van der Waals surface area contributed by atoms with Crippen molar-refractivity contribution in [3.05, 3.63) is 76.7 Å². The van der Waals surface area contributed by atoms with E-state index in [1.165, 1.54) is 23.3 Å². The summed E-state index contributed by atoms with van der Waals surface area (Å²) in [6.07, 6.45) is 8.16. The molecule has 0 amide bonds. The van der Waals surface area contributed by atoms with Crippen LogP contribution in [0, 0.1) is 17.7 Å². The molecule has 0 saturated heterocycles. The number of rotatable bonds is 15. The van der Waals surface area contributed by atoms with Crippen LogP contribution in [0.1, 0.15) is 86.1 Å². The standard InChI is InChI=1S/C31H47FO2/c1-9-17-34-21-30(23(5)6)31(26-13-15-28(32)16-14-26)27(18-22(3)4)12-11-25(8)20-29(33)19-24(7)10-2/h11-16,22,25,29,33H,7,9-10,17-21H2,1-6,8H3/b12-11+,31-27-. The van der Waals surface area contributed by atoms with Gasteiger partial charge in [-0.15, -0.1) is 0 Å². The molecule has 0 saturated carbocycles. The summed E-state index contributed by atoms with van der Waals surface area (Å²) < 4.78 is 19.7. The number of hydrogen-bond acceptors (Lipinski definition) is 2. The van der Waals surface area contributed by atoms with Crippen molar-refractivity contribution in [2.45, 2.75) is 86.7 Å². The lowest BCUT2D eigenvalue weighted by Crippen LogP contribution is -2.11. The topological polar surface area (TPSA) is 29.5 Å². The molecule has 0 aromatic heterocycles. The summed E-state index contributed by atoms with van der Waals surface area (Å²) in [6.45, 7) is 20.3. The maximum atomic E-state index is 13.8. The van der Waals surface area contributed by atoms with Crippen LogP contribution < -0.4 is 0 Å². The van der Waals surface area contributed by atoms with Crippen molar-refractivity contribution >= 4 is 5.57 Å². The number of aliphatic hydroxyl groups excluding tert-OH is 1. The van der Waals surface area contributed by atoms with Gasteiger partial charge < -0.3 is 9.84 Å². The molecule has 0 aliphatic rings. The third kappa shape index (κ3) is 11.0. The van der Waals surface area contributed by atoms with Gasteiger partial charge in [-0.05, 0) is 92.2 Å². The van der Waals surface area contributed by atoms with Gasteiger partial charge in [-0.1, -0.05) is 76.6 Å². The maximum Gasteiger partial charge on any atom is 0.123 e. The molecule has 1 aromatic rings. The molecule has 2 atom stereocenters. The largest absolute Gasteiger partial charge is 0.393 e. The van der Waals surface area contributed by atoms with E-state index in [1.807, 2.05) is 12.1 Å². The predicted octanol–water partition coefficient (Wildman–Crippen LogP) is 8.69. The van der Waals surface area contributed by atoms with E-state index in [1.54, 1.807) is 0 Å². The van der Waals surface area contributed by atoms with Crippen molar-refractivity contribution in [3.63, 3.8) is 0 Å². The highest BCUT2D eigenvalue weighted by Gasteiger charge is 2.17. The SMILES string of the molecule is C=C(CC)CC(O)CC(C)/C=C/C(CC(C)C)=C(/C(COCCC)=C(C)C)c1ccc(F)cc1. The van der Waals surface area contributed by atoms with Gasteiger partial charge in [0.2, 0.25) is 0 Å². The van der Waals surface area contributed by atoms with Crippen LogP contribution >= 0.6 is 0 Å². The molecule has 190 valence electrons. The molecule has 1 aromatic carbocycles. The normalized spacial score (nSPS) is 14.3. The predicted molar refractivity (Wildman–Crippen MR) is 145 cm³/mol. The lowest BCUT2D eigenvalue weighted by molar-refractivity contribution is 0.152. The Bertz CT molecular complexity index is 839. The van der Waals surface area contributed by atoms with E-state index in [9.17, 15) is 9.50 Å². The Morgan fingerprint density at radius 2 is 1.74 bits per heavy atom. The third-order valence-electron chi connectivity index (χ3n) is 5.88. The Hall–Kier alpha value is -1.97. The number of hydrogen-bond donors (Lipinski definition) is 1. The quantitative estimate of drug-likeness (QED) is 0.158. The molecule has 2 unspecified atom stereocenters. The zero-order valence-corrected chi connectivity index (χ0v) is 22.6. The van der Waals surface area contributed by atoms with E-state index in [4.69, 9.17) is 4.74 Å². The monoisotopic (exact) mass is 470 g/mol. The second-order valence-electron chi connectivity index (χ2n) is 10.1. The minimum absolute atomic E-state index is 0.225. The highest BCUT2D eigenvalue weighted by molar-refractivity contribution is 5.84. The minimum Gasteiger partial charge on any atom is -0.393 e. The number of allylic oxidation sites excluding steroid dienone is 4. The molecule has 34 heavy (non-hydrogen) atoms. The number of aliphatic hydroxyl groups is 1. The van der Waals surface area contributed by atoms with Crippen LogP contribution in [0.5, 0.6) is 0 Å². The summed E-state index contributed by atoms with van der Waals surface area (Å²) in [7, 11) is 0. The van der Waals surface area contributed by atoms with Gasteiger partial charge in [-0.3, -0.25) is 0 Å². The van der Waals surface area contributed by atoms with Crippen molar-refractivity contribution in [2.75, 3.05) is 13.2 Å². The van der Waals surface area contributed by atoms with E-state index in [0.717, 1.165) is 41.5 Å². The zero-order valence-electron chi connectivity index (χ0n) is 22.6. The molecular formula is C31H47FO2. The molecule has 0 heterocycles. The average molecular weight is 471 g/mol. The molecule has 0 bridgehead atoms. The van der Waals surface area contributed by atoms with Gasteiger partial charge in [0.05, 0.1) is 12.7 Å². The van der Waals surface area contributed by atoms with Gasteiger partial charge >= 0.3 is 0 Å². The molecule has 0 aliphatic carbocycles. The molecule has 0 fully saturated rings. The Morgan fingerprint density at radius 1 is 1.09 bits per heavy atom. The Kier molecular flexibility index (Phi) is 14.0. The summed E-state index contributed by atoms with van der Waals surface area (Å²) in [5.74, 6) is 0.447. The second-order valence-corrected chi connectivity index (χ2v) is 10.1. The molecule has 1 N–H and O–H groups in total. The summed E-state index contributed by atoms with van der Waals surface area (Å²) in [5, 5.41) is 10.5. The van der Waals surface area contributed by atoms with E-state index in [-0.39, 0.29) is 17.8 Å². The van der Waals surface area contributed by atoms with Crippen molar-refractivity contribution in [1.29, 1.82) is 0 Å². The molecule has 0 spiro atoms. The van der Waals surface area contributed by atoms with E-state index < -0.39 is 0 Å². The van der Waals surface area contributed by atoms with Gasteiger partial charge in [-0.2, -0.15) is 0 Å². The Labute approximate surface area is 208 Å². The first-order valence-electron chi connectivity index (χ1n) is 12.8. The highest BCUT2D eigenvalue weighted by Crippen LogP contribution is 2.33. The minimum atomic E-state index is -0.378. The van der Waals surface area contributed by atoms with Gasteiger partial charge in [0.1, 0.15) is 5.82 Å². The molecular weight excluding hydrogens is 423 g/mol. The van der Waals surface area contributed by atoms with Crippen LogP contribution in [0.3, 0.4) is 0 Å². The van der Waals surface area contributed by atoms with Crippen molar-refractivity contribution in [2.24, 2.45) is 11.8 Å². The molecule has 0 aliphatic heterocycles. The number of halogens is 1. The fourth-order valence-corrected chi connectivity index (χ4v) is 4.00. The van der Waals surface area contributed by atoms with Crippen molar-refractivity contribution in [1.82, 2.24) is 0 Å². The summed E-state index contributed by atoms with van der Waals surface area (Å²) >= 11 is 0. The van der Waals surface area contributed by atoms with E-state index in [2.05, 4.69) is 67.2 Å². The van der Waals surface area contributed by atoms with Crippen LogP contribution in [0.4, 0.5) is 4.39 Å². The lowest BCUT2D eigenvalue weighted by Gasteiger charge is -2.21. The van der Waals surface area contributed by atoms with Crippen LogP contribution in [0.15, 0.2) is 65.3 Å². The summed E-state index contributed by atoms with van der Waals surface area (Å²) in [5.41, 5.74) is 6.80. The first-order chi connectivity index (χ1) is 16.1. The highest BCUT2D eigenvalue weighted by atomic mass is 19.1. The molecule has 1 rings (SSSR count). The lowest BCUT2D eigenvalue weighted by atomic mass is 9.86. The smallest absolute Gasteiger partial charge is 0.123 e. The van der Waals surface area contributed by atoms with Gasteiger partial charge in [-0.25, -0.2) is 4.39 Å². The average Bonchev–Trinajstić information content (AvgIpc) is 2.76.